The summed E-state index contributed by atoms with van der Waals surface area (Å²) in [5.41, 5.74) is 2.82. The standard InChI is InChI=1S/C23H23N3O2/c1-26(16-23(27)25-21-8-4-17(5-9-21)11-12-24)15-18-3-6-20-14-22(28-2)10-7-19(20)13-18/h3-10,13-14H,11,15-16H2,1-2H3,(H,25,27). The van der Waals surface area contributed by atoms with Gasteiger partial charge in [-0.25, -0.2) is 0 Å². The molecule has 1 N–H and O–H groups in total. The molecule has 142 valence electrons. The van der Waals surface area contributed by atoms with Crippen molar-refractivity contribution in [3.05, 3.63) is 71.8 Å². The summed E-state index contributed by atoms with van der Waals surface area (Å²) in [7, 11) is 3.59. The van der Waals surface area contributed by atoms with Crippen LogP contribution in [0.2, 0.25) is 0 Å². The Kier molecular flexibility index (Phi) is 6.25. The van der Waals surface area contributed by atoms with Gasteiger partial charge in [0.05, 0.1) is 26.1 Å². The minimum atomic E-state index is -0.0685. The first-order valence-electron chi connectivity index (χ1n) is 9.08. The Hall–Kier alpha value is -3.36. The summed E-state index contributed by atoms with van der Waals surface area (Å²) >= 11 is 0. The van der Waals surface area contributed by atoms with Crippen molar-refractivity contribution < 1.29 is 9.53 Å². The number of nitrogens with one attached hydrogen (secondary N) is 1. The molecule has 0 heterocycles. The van der Waals surface area contributed by atoms with E-state index in [-0.39, 0.29) is 5.91 Å². The van der Waals surface area contributed by atoms with Crippen molar-refractivity contribution >= 4 is 22.4 Å². The van der Waals surface area contributed by atoms with Crippen molar-refractivity contribution in [2.24, 2.45) is 0 Å². The van der Waals surface area contributed by atoms with E-state index in [0.717, 1.165) is 33.3 Å². The number of nitrogens with zero attached hydrogens (tertiary/aromatic N) is 2. The van der Waals surface area contributed by atoms with Gasteiger partial charge >= 0.3 is 0 Å². The minimum absolute atomic E-state index is 0.0685. The first-order chi connectivity index (χ1) is 13.6. The predicted octanol–water partition coefficient (Wildman–Crippen LogP) is 3.98. The number of carbonyl (C=O) groups excluding carboxylic acids is 1. The molecule has 5 heteroatoms. The maximum atomic E-state index is 12.3. The number of amides is 1. The third-order valence-electron chi connectivity index (χ3n) is 4.50. The Balaban J connectivity index is 1.57. The Bertz CT molecular complexity index is 1010. The number of hydrogen-bond acceptors (Lipinski definition) is 4. The first kappa shape index (κ1) is 19.4. The first-order valence-corrected chi connectivity index (χ1v) is 9.08. The van der Waals surface area contributed by atoms with Gasteiger partial charge in [-0.05, 0) is 59.3 Å². The fourth-order valence-corrected chi connectivity index (χ4v) is 3.11. The molecule has 0 atom stereocenters. The van der Waals surface area contributed by atoms with E-state index in [1.54, 1.807) is 7.11 Å². The van der Waals surface area contributed by atoms with E-state index < -0.39 is 0 Å². The Morgan fingerprint density at radius 3 is 2.43 bits per heavy atom. The van der Waals surface area contributed by atoms with Gasteiger partial charge in [-0.15, -0.1) is 0 Å². The molecule has 1 amide bonds. The highest BCUT2D eigenvalue weighted by molar-refractivity contribution is 5.92. The predicted molar refractivity (Wildman–Crippen MR) is 111 cm³/mol. The van der Waals surface area contributed by atoms with Gasteiger partial charge in [0.15, 0.2) is 0 Å². The van der Waals surface area contributed by atoms with Crippen LogP contribution in [-0.4, -0.2) is 31.5 Å². The van der Waals surface area contributed by atoms with Crippen molar-refractivity contribution in [3.63, 3.8) is 0 Å². The van der Waals surface area contributed by atoms with Crippen LogP contribution in [0.25, 0.3) is 10.8 Å². The molecule has 0 saturated heterocycles. The number of nitriles is 1. The van der Waals surface area contributed by atoms with Crippen LogP contribution < -0.4 is 10.1 Å². The lowest BCUT2D eigenvalue weighted by molar-refractivity contribution is -0.117. The van der Waals surface area contributed by atoms with E-state index >= 15 is 0 Å². The fraction of sp³-hybridized carbons (Fsp3) is 0.217. The van der Waals surface area contributed by atoms with Crippen molar-refractivity contribution in [2.75, 3.05) is 26.0 Å². The monoisotopic (exact) mass is 373 g/mol. The summed E-state index contributed by atoms with van der Waals surface area (Å²) in [5, 5.41) is 13.9. The molecule has 3 aromatic rings. The van der Waals surface area contributed by atoms with Gasteiger partial charge in [-0.2, -0.15) is 5.26 Å². The van der Waals surface area contributed by atoms with E-state index in [2.05, 4.69) is 29.6 Å². The normalized spacial score (nSPS) is 10.6. The SMILES string of the molecule is COc1ccc2cc(CN(C)CC(=O)Nc3ccc(CC#N)cc3)ccc2c1. The van der Waals surface area contributed by atoms with E-state index in [1.165, 1.54) is 0 Å². The number of fused-ring (bicyclic) bond motifs is 1. The molecule has 3 aromatic carbocycles. The molecule has 0 aliphatic rings. The zero-order valence-corrected chi connectivity index (χ0v) is 16.1. The number of methoxy groups -OCH3 is 1. The Morgan fingerprint density at radius 2 is 1.71 bits per heavy atom. The second-order valence-corrected chi connectivity index (χ2v) is 6.80. The summed E-state index contributed by atoms with van der Waals surface area (Å²) in [4.78, 5) is 14.3. The van der Waals surface area contributed by atoms with Crippen molar-refractivity contribution in [1.29, 1.82) is 5.26 Å². The van der Waals surface area contributed by atoms with Gasteiger partial charge in [0.1, 0.15) is 5.75 Å². The Morgan fingerprint density at radius 1 is 1.04 bits per heavy atom. The lowest BCUT2D eigenvalue weighted by Crippen LogP contribution is -2.29. The fourth-order valence-electron chi connectivity index (χ4n) is 3.11. The van der Waals surface area contributed by atoms with Crippen LogP contribution in [-0.2, 0) is 17.8 Å². The molecule has 5 nitrogen and oxygen atoms in total. The van der Waals surface area contributed by atoms with Crippen LogP contribution in [0, 0.1) is 11.3 Å². The molecule has 0 radical (unpaired) electrons. The van der Waals surface area contributed by atoms with Crippen LogP contribution in [0.5, 0.6) is 5.75 Å². The summed E-state index contributed by atoms with van der Waals surface area (Å²) in [6.45, 7) is 0.969. The molecule has 0 aliphatic carbocycles. The quantitative estimate of drug-likeness (QED) is 0.680. The van der Waals surface area contributed by atoms with Gasteiger partial charge in [-0.1, -0.05) is 30.3 Å². The zero-order chi connectivity index (χ0) is 19.9. The van der Waals surface area contributed by atoms with Crippen molar-refractivity contribution in [1.82, 2.24) is 4.90 Å². The topological polar surface area (TPSA) is 65.4 Å². The van der Waals surface area contributed by atoms with E-state index in [4.69, 9.17) is 10.00 Å². The molecule has 28 heavy (non-hydrogen) atoms. The molecule has 0 spiro atoms. The summed E-state index contributed by atoms with van der Waals surface area (Å²) in [6, 6.07) is 21.7. The molecular weight excluding hydrogens is 350 g/mol. The van der Waals surface area contributed by atoms with Gasteiger partial charge in [0, 0.05) is 12.2 Å². The summed E-state index contributed by atoms with van der Waals surface area (Å²) in [6.07, 6.45) is 0.371. The highest BCUT2D eigenvalue weighted by Crippen LogP contribution is 2.22. The van der Waals surface area contributed by atoms with Crippen LogP contribution in [0.1, 0.15) is 11.1 Å². The Labute approximate surface area is 165 Å². The molecule has 0 aliphatic heterocycles. The molecule has 3 rings (SSSR count). The molecule has 0 saturated carbocycles. The van der Waals surface area contributed by atoms with Crippen molar-refractivity contribution in [2.45, 2.75) is 13.0 Å². The summed E-state index contributed by atoms with van der Waals surface area (Å²) < 4.78 is 5.26. The maximum absolute atomic E-state index is 12.3. The number of rotatable bonds is 7. The van der Waals surface area contributed by atoms with Gasteiger partial charge in [0.2, 0.25) is 5.91 Å². The molecule has 0 bridgehead atoms. The lowest BCUT2D eigenvalue weighted by atomic mass is 10.1. The minimum Gasteiger partial charge on any atom is -0.497 e. The number of benzene rings is 3. The number of anilines is 1. The highest BCUT2D eigenvalue weighted by atomic mass is 16.5. The zero-order valence-electron chi connectivity index (χ0n) is 16.1. The third kappa shape index (κ3) is 5.09. The smallest absolute Gasteiger partial charge is 0.238 e. The maximum Gasteiger partial charge on any atom is 0.238 e. The lowest BCUT2D eigenvalue weighted by Gasteiger charge is -2.17. The van der Waals surface area contributed by atoms with Gasteiger partial charge in [-0.3, -0.25) is 9.69 Å². The van der Waals surface area contributed by atoms with Crippen LogP contribution in [0.15, 0.2) is 60.7 Å². The van der Waals surface area contributed by atoms with Crippen LogP contribution in [0.3, 0.4) is 0 Å². The van der Waals surface area contributed by atoms with Gasteiger partial charge < -0.3 is 10.1 Å². The average Bonchev–Trinajstić information content (AvgIpc) is 2.69. The number of ether oxygens (including phenoxy) is 1. The highest BCUT2D eigenvalue weighted by Gasteiger charge is 2.08. The second kappa shape index (κ2) is 9.03. The average molecular weight is 373 g/mol. The largest absolute Gasteiger partial charge is 0.497 e. The molecular formula is C23H23N3O2. The molecule has 0 fully saturated rings. The van der Waals surface area contributed by atoms with E-state index in [1.807, 2.05) is 54.4 Å². The van der Waals surface area contributed by atoms with Crippen LogP contribution >= 0.6 is 0 Å². The number of hydrogen-bond donors (Lipinski definition) is 1. The van der Waals surface area contributed by atoms with E-state index in [9.17, 15) is 4.79 Å². The van der Waals surface area contributed by atoms with Crippen LogP contribution in [0.4, 0.5) is 5.69 Å². The number of carbonyl (C=O) groups is 1. The number of likely N-dealkylation sites (N-methyl/N-ethyl adjacent to an activating group) is 1. The van der Waals surface area contributed by atoms with Gasteiger partial charge in [0.25, 0.3) is 0 Å². The second-order valence-electron chi connectivity index (χ2n) is 6.80. The van der Waals surface area contributed by atoms with Crippen molar-refractivity contribution in [3.8, 4) is 11.8 Å². The third-order valence-corrected chi connectivity index (χ3v) is 4.50. The summed E-state index contributed by atoms with van der Waals surface area (Å²) in [5.74, 6) is 0.774. The van der Waals surface area contributed by atoms with E-state index in [0.29, 0.717) is 19.5 Å². The molecule has 0 aromatic heterocycles. The molecule has 0 unspecified atom stereocenters.